The smallest absolute Gasteiger partial charge is 0.303 e. The molecule has 0 fully saturated rings. The lowest BCUT2D eigenvalue weighted by Gasteiger charge is -1.98. The third-order valence-electron chi connectivity index (χ3n) is 3.10. The molecule has 0 amide bonds. The highest BCUT2D eigenvalue weighted by molar-refractivity contribution is 5.66. The molecular weight excluding hydrogens is 288 g/mol. The first kappa shape index (κ1) is 23.1. The van der Waals surface area contributed by atoms with Gasteiger partial charge in [0.05, 0.1) is 0 Å². The minimum absolute atomic E-state index is 0.245. The Morgan fingerprint density at radius 2 is 0.773 bits per heavy atom. The normalized spacial score (nSPS) is 9.91. The maximum Gasteiger partial charge on any atom is 0.303 e. The molecule has 132 valence electrons. The summed E-state index contributed by atoms with van der Waals surface area (Å²) < 4.78 is 0. The molecule has 0 aromatic carbocycles. The average Bonchev–Trinajstić information content (AvgIpc) is 2.46. The van der Waals surface area contributed by atoms with Gasteiger partial charge >= 0.3 is 11.9 Å². The Balaban J connectivity index is 0. The Morgan fingerprint density at radius 1 is 0.500 bits per heavy atom. The first-order valence-corrected chi connectivity index (χ1v) is 8.20. The van der Waals surface area contributed by atoms with Crippen LogP contribution in [0.2, 0.25) is 0 Å². The number of hydrogen-bond donors (Lipinski definition) is 4. The molecule has 0 unspecified atom stereocenters. The number of rotatable bonds is 14. The zero-order valence-electron chi connectivity index (χ0n) is 13.5. The van der Waals surface area contributed by atoms with Gasteiger partial charge in [-0.3, -0.25) is 9.59 Å². The summed E-state index contributed by atoms with van der Waals surface area (Å²) in [5, 5.41) is 33.3. The molecule has 0 saturated heterocycles. The van der Waals surface area contributed by atoms with Crippen molar-refractivity contribution >= 4 is 11.9 Å². The van der Waals surface area contributed by atoms with Gasteiger partial charge in [0.2, 0.25) is 0 Å². The van der Waals surface area contributed by atoms with Crippen molar-refractivity contribution in [1.82, 2.24) is 0 Å². The minimum atomic E-state index is -0.740. The molecule has 0 radical (unpaired) electrons. The number of aliphatic carboxylic acids is 2. The lowest BCUT2D eigenvalue weighted by molar-refractivity contribution is -0.138. The van der Waals surface area contributed by atoms with Crippen molar-refractivity contribution in [1.29, 1.82) is 0 Å². The van der Waals surface area contributed by atoms with E-state index in [2.05, 4.69) is 0 Å². The van der Waals surface area contributed by atoms with Crippen LogP contribution in [0.4, 0.5) is 0 Å². The summed E-state index contributed by atoms with van der Waals surface area (Å²) in [5.41, 5.74) is 0. The van der Waals surface area contributed by atoms with E-state index in [0.717, 1.165) is 64.2 Å². The van der Waals surface area contributed by atoms with Crippen molar-refractivity contribution in [3.05, 3.63) is 0 Å². The van der Waals surface area contributed by atoms with Crippen molar-refractivity contribution in [2.75, 3.05) is 13.2 Å². The van der Waals surface area contributed by atoms with Gasteiger partial charge in [0.1, 0.15) is 0 Å². The van der Waals surface area contributed by atoms with Gasteiger partial charge in [-0.1, -0.05) is 38.5 Å². The van der Waals surface area contributed by atoms with Crippen molar-refractivity contribution in [3.8, 4) is 0 Å². The number of carboxylic acid groups (broad SMARTS) is 2. The summed E-state index contributed by atoms with van der Waals surface area (Å²) in [7, 11) is 0. The molecule has 6 heteroatoms. The molecule has 22 heavy (non-hydrogen) atoms. The van der Waals surface area contributed by atoms with Crippen LogP contribution in [-0.2, 0) is 9.59 Å². The highest BCUT2D eigenvalue weighted by Gasteiger charge is 1.98. The van der Waals surface area contributed by atoms with E-state index >= 15 is 0 Å². The van der Waals surface area contributed by atoms with Gasteiger partial charge in [-0.25, -0.2) is 0 Å². The lowest BCUT2D eigenvalue weighted by Crippen LogP contribution is -1.94. The summed E-state index contributed by atoms with van der Waals surface area (Å²) in [5.74, 6) is -1.48. The van der Waals surface area contributed by atoms with Crippen LogP contribution in [0.3, 0.4) is 0 Å². The second kappa shape index (κ2) is 19.9. The highest BCUT2D eigenvalue weighted by Crippen LogP contribution is 2.08. The number of carboxylic acids is 2. The third kappa shape index (κ3) is 27.2. The highest BCUT2D eigenvalue weighted by atomic mass is 16.4. The van der Waals surface area contributed by atoms with E-state index in [1.807, 2.05) is 0 Å². The van der Waals surface area contributed by atoms with Gasteiger partial charge < -0.3 is 20.4 Å². The molecular formula is C16H32O6. The molecule has 0 saturated carbocycles. The molecule has 0 bridgehead atoms. The van der Waals surface area contributed by atoms with Crippen LogP contribution in [-0.4, -0.2) is 45.6 Å². The Bertz CT molecular complexity index is 229. The first-order valence-electron chi connectivity index (χ1n) is 8.20. The molecule has 4 N–H and O–H groups in total. The van der Waals surface area contributed by atoms with Crippen LogP contribution in [0.5, 0.6) is 0 Å². The molecule has 0 spiro atoms. The summed E-state index contributed by atoms with van der Waals surface area (Å²) in [6, 6.07) is 0. The monoisotopic (exact) mass is 320 g/mol. The summed E-state index contributed by atoms with van der Waals surface area (Å²) in [6.07, 6.45) is 9.65. The topological polar surface area (TPSA) is 115 Å². The fourth-order valence-electron chi connectivity index (χ4n) is 1.84. The predicted molar refractivity (Wildman–Crippen MR) is 84.8 cm³/mol. The van der Waals surface area contributed by atoms with E-state index in [1.165, 1.54) is 0 Å². The predicted octanol–water partition coefficient (Wildman–Crippen LogP) is 2.81. The molecule has 0 aromatic heterocycles. The Hall–Kier alpha value is -1.14. The molecule has 0 aliphatic heterocycles. The minimum Gasteiger partial charge on any atom is -0.481 e. The molecule has 0 rings (SSSR count). The molecule has 0 aromatic rings. The fourth-order valence-corrected chi connectivity index (χ4v) is 1.84. The second-order valence-corrected chi connectivity index (χ2v) is 5.27. The Kier molecular flexibility index (Phi) is 20.9. The van der Waals surface area contributed by atoms with Crippen LogP contribution >= 0.6 is 0 Å². The first-order chi connectivity index (χ1) is 10.5. The zero-order valence-corrected chi connectivity index (χ0v) is 13.5. The molecule has 0 atom stereocenters. The fraction of sp³-hybridized carbons (Fsp3) is 0.875. The number of carbonyl (C=O) groups is 2. The van der Waals surface area contributed by atoms with E-state index in [-0.39, 0.29) is 26.1 Å². The number of unbranched alkanes of at least 4 members (excludes halogenated alkanes) is 8. The largest absolute Gasteiger partial charge is 0.481 e. The molecule has 6 nitrogen and oxygen atoms in total. The van der Waals surface area contributed by atoms with E-state index in [0.29, 0.717) is 0 Å². The van der Waals surface area contributed by atoms with Gasteiger partial charge in [-0.15, -0.1) is 0 Å². The second-order valence-electron chi connectivity index (χ2n) is 5.27. The number of aliphatic hydroxyl groups excluding tert-OH is 2. The third-order valence-corrected chi connectivity index (χ3v) is 3.10. The van der Waals surface area contributed by atoms with Gasteiger partial charge in [-0.05, 0) is 25.7 Å². The maximum absolute atomic E-state index is 10.1. The van der Waals surface area contributed by atoms with E-state index in [4.69, 9.17) is 20.4 Å². The van der Waals surface area contributed by atoms with Gasteiger partial charge in [0.25, 0.3) is 0 Å². The summed E-state index contributed by atoms with van der Waals surface area (Å²) in [4.78, 5) is 20.3. The van der Waals surface area contributed by atoms with Gasteiger partial charge in [-0.2, -0.15) is 0 Å². The van der Waals surface area contributed by atoms with Crippen LogP contribution in [0.25, 0.3) is 0 Å². The zero-order chi connectivity index (χ0) is 17.1. The lowest BCUT2D eigenvalue weighted by atomic mass is 10.1. The number of hydrogen-bond acceptors (Lipinski definition) is 4. The molecule has 0 aliphatic carbocycles. The van der Waals surface area contributed by atoms with E-state index < -0.39 is 11.9 Å². The Labute approximate surface area is 133 Å². The standard InChI is InChI=1S/C10H18O4.C6H14O2/c11-9(12)7-5-3-1-2-4-6-8-10(13)14;7-5-3-1-2-4-6-8/h1-8H2,(H,11,12)(H,13,14);7-8H,1-6H2. The van der Waals surface area contributed by atoms with Crippen molar-refractivity contribution < 1.29 is 30.0 Å². The van der Waals surface area contributed by atoms with E-state index in [1.54, 1.807) is 0 Å². The van der Waals surface area contributed by atoms with Crippen LogP contribution < -0.4 is 0 Å². The number of aliphatic hydroxyl groups is 2. The van der Waals surface area contributed by atoms with E-state index in [9.17, 15) is 9.59 Å². The van der Waals surface area contributed by atoms with Gasteiger partial charge in [0.15, 0.2) is 0 Å². The van der Waals surface area contributed by atoms with Gasteiger partial charge in [0, 0.05) is 26.1 Å². The molecule has 0 heterocycles. The van der Waals surface area contributed by atoms with Crippen molar-refractivity contribution in [2.45, 2.75) is 77.0 Å². The average molecular weight is 320 g/mol. The quantitative estimate of drug-likeness (QED) is 0.366. The summed E-state index contributed by atoms with van der Waals surface area (Å²) in [6.45, 7) is 0.566. The maximum atomic E-state index is 10.1. The molecule has 0 aliphatic rings. The van der Waals surface area contributed by atoms with Crippen LogP contribution in [0.1, 0.15) is 77.0 Å². The Morgan fingerprint density at radius 3 is 1.05 bits per heavy atom. The van der Waals surface area contributed by atoms with Crippen molar-refractivity contribution in [2.24, 2.45) is 0 Å². The van der Waals surface area contributed by atoms with Crippen molar-refractivity contribution in [3.63, 3.8) is 0 Å². The van der Waals surface area contributed by atoms with Crippen LogP contribution in [0, 0.1) is 0 Å². The SMILES string of the molecule is O=C(O)CCCCCCCCC(=O)O.OCCCCCCO. The van der Waals surface area contributed by atoms with Crippen LogP contribution in [0.15, 0.2) is 0 Å². The summed E-state index contributed by atoms with van der Waals surface area (Å²) >= 11 is 0.